The highest BCUT2D eigenvalue weighted by Crippen LogP contribution is 2.27. The molecule has 7 nitrogen and oxygen atoms in total. The molecule has 0 aromatic heterocycles. The van der Waals surface area contributed by atoms with Gasteiger partial charge in [-0.25, -0.2) is 14.5 Å². The number of amides is 2. The molecule has 1 rings (SSSR count). The topological polar surface area (TPSA) is 76.2 Å². The first-order valence-electron chi connectivity index (χ1n) is 6.58. The number of hydrogen-bond acceptors (Lipinski definition) is 6. The largest absolute Gasteiger partial charge is 0.467 e. The number of methoxy groups -OCH3 is 1. The summed E-state index contributed by atoms with van der Waals surface area (Å²) in [6.07, 6.45) is 0.857. The zero-order valence-corrected chi connectivity index (χ0v) is 13.3. The maximum atomic E-state index is 12.3. The lowest BCUT2D eigenvalue weighted by molar-refractivity contribution is -0.148. The van der Waals surface area contributed by atoms with Gasteiger partial charge in [-0.1, -0.05) is 0 Å². The van der Waals surface area contributed by atoms with Crippen molar-refractivity contribution < 1.29 is 23.9 Å². The average molecular weight is 298 g/mol. The molecule has 0 saturated carbocycles. The van der Waals surface area contributed by atoms with E-state index in [2.05, 4.69) is 4.74 Å². The highest BCUT2D eigenvalue weighted by atomic mass is 16.6. The van der Waals surface area contributed by atoms with Crippen LogP contribution in [0.5, 0.6) is 0 Å². The normalized spacial score (nSPS) is 20.7. The van der Waals surface area contributed by atoms with E-state index < -0.39 is 29.6 Å². The Morgan fingerprint density at radius 1 is 1.33 bits per heavy atom. The molecule has 0 bridgehead atoms. The molecule has 0 aliphatic carbocycles. The van der Waals surface area contributed by atoms with E-state index in [0.29, 0.717) is 5.57 Å². The molecule has 2 amide bonds. The van der Waals surface area contributed by atoms with Crippen LogP contribution in [-0.4, -0.2) is 60.6 Å². The van der Waals surface area contributed by atoms with Gasteiger partial charge < -0.3 is 14.4 Å². The Bertz CT molecular complexity index is 476. The van der Waals surface area contributed by atoms with E-state index in [4.69, 9.17) is 4.74 Å². The van der Waals surface area contributed by atoms with Crippen molar-refractivity contribution in [3.63, 3.8) is 0 Å². The highest BCUT2D eigenvalue weighted by Gasteiger charge is 2.46. The maximum Gasteiger partial charge on any atom is 0.418 e. The summed E-state index contributed by atoms with van der Waals surface area (Å²) in [6.45, 7) is 5.07. The van der Waals surface area contributed by atoms with E-state index in [-0.39, 0.29) is 6.42 Å². The molecule has 21 heavy (non-hydrogen) atoms. The van der Waals surface area contributed by atoms with Gasteiger partial charge in [-0.15, -0.1) is 0 Å². The fraction of sp³-hybridized carbons (Fsp3) is 0.643. The van der Waals surface area contributed by atoms with Crippen LogP contribution >= 0.6 is 0 Å². The Kier molecular flexibility index (Phi) is 4.98. The summed E-state index contributed by atoms with van der Waals surface area (Å²) < 4.78 is 9.85. The number of rotatable bonds is 2. The van der Waals surface area contributed by atoms with Gasteiger partial charge in [0.25, 0.3) is 5.91 Å². The Labute approximate surface area is 124 Å². The first-order valence-corrected chi connectivity index (χ1v) is 6.58. The van der Waals surface area contributed by atoms with Crippen LogP contribution in [0, 0.1) is 0 Å². The Morgan fingerprint density at radius 2 is 1.90 bits per heavy atom. The summed E-state index contributed by atoms with van der Waals surface area (Å²) in [6, 6.07) is -0.983. The minimum atomic E-state index is -0.983. The van der Waals surface area contributed by atoms with E-state index in [0.717, 1.165) is 4.90 Å². The van der Waals surface area contributed by atoms with E-state index in [1.807, 2.05) is 0 Å². The number of carbonyl (C=O) groups is 3. The molecule has 1 heterocycles. The van der Waals surface area contributed by atoms with Crippen LogP contribution in [0.4, 0.5) is 4.79 Å². The Hall–Kier alpha value is -2.05. The van der Waals surface area contributed by atoms with Gasteiger partial charge in [-0.2, -0.15) is 0 Å². The Balaban J connectivity index is 3.09. The number of imide groups is 1. The molecule has 1 aliphatic heterocycles. The Morgan fingerprint density at radius 3 is 2.33 bits per heavy atom. The zero-order chi connectivity index (χ0) is 16.4. The minimum Gasteiger partial charge on any atom is -0.467 e. The van der Waals surface area contributed by atoms with Crippen LogP contribution in [0.2, 0.25) is 0 Å². The van der Waals surface area contributed by atoms with Crippen LogP contribution in [0.15, 0.2) is 11.8 Å². The smallest absolute Gasteiger partial charge is 0.418 e. The van der Waals surface area contributed by atoms with Crippen molar-refractivity contribution in [2.24, 2.45) is 0 Å². The van der Waals surface area contributed by atoms with Gasteiger partial charge in [0.2, 0.25) is 0 Å². The van der Waals surface area contributed by atoms with Crippen molar-refractivity contribution in [2.45, 2.75) is 38.8 Å². The molecule has 1 fully saturated rings. The van der Waals surface area contributed by atoms with Crippen LogP contribution in [-0.2, 0) is 19.1 Å². The zero-order valence-electron chi connectivity index (χ0n) is 13.3. The van der Waals surface area contributed by atoms with Gasteiger partial charge in [0.15, 0.2) is 0 Å². The molecule has 0 N–H and O–H groups in total. The summed E-state index contributed by atoms with van der Waals surface area (Å²) in [5.41, 5.74) is -0.396. The SMILES string of the molecule is COC(=O)C1C/C(=C\N(C)C)C(=O)N1C(=O)OC(C)(C)C. The summed E-state index contributed by atoms with van der Waals surface area (Å²) >= 11 is 0. The van der Waals surface area contributed by atoms with Crippen molar-refractivity contribution in [2.75, 3.05) is 21.2 Å². The monoisotopic (exact) mass is 298 g/mol. The van der Waals surface area contributed by atoms with E-state index in [1.54, 1.807) is 46.0 Å². The molecule has 0 aromatic rings. The third-order valence-corrected chi connectivity index (χ3v) is 2.70. The van der Waals surface area contributed by atoms with E-state index >= 15 is 0 Å². The van der Waals surface area contributed by atoms with Crippen LogP contribution in [0.25, 0.3) is 0 Å². The fourth-order valence-electron chi connectivity index (χ4n) is 1.95. The number of ether oxygens (including phenoxy) is 2. The lowest BCUT2D eigenvalue weighted by atomic mass is 10.1. The molecular formula is C14H22N2O5. The van der Waals surface area contributed by atoms with E-state index in [1.165, 1.54) is 7.11 Å². The summed E-state index contributed by atoms with van der Waals surface area (Å²) in [4.78, 5) is 38.8. The van der Waals surface area contributed by atoms with E-state index in [9.17, 15) is 14.4 Å². The van der Waals surface area contributed by atoms with Gasteiger partial charge in [0.1, 0.15) is 11.6 Å². The van der Waals surface area contributed by atoms with Crippen molar-refractivity contribution in [3.05, 3.63) is 11.8 Å². The minimum absolute atomic E-state index is 0.114. The van der Waals surface area contributed by atoms with Gasteiger partial charge in [0, 0.05) is 32.3 Å². The molecule has 1 aliphatic rings. The number of likely N-dealkylation sites (tertiary alicyclic amines) is 1. The predicted molar refractivity (Wildman–Crippen MR) is 75.3 cm³/mol. The standard InChI is InChI=1S/C14H22N2O5/c1-14(2,3)21-13(19)16-10(12(18)20-6)7-9(11(16)17)8-15(4)5/h8,10H,7H2,1-6H3/b9-8+. The number of hydrogen-bond donors (Lipinski definition) is 0. The van der Waals surface area contributed by atoms with Crippen molar-refractivity contribution in [1.82, 2.24) is 9.80 Å². The highest BCUT2D eigenvalue weighted by molar-refractivity contribution is 6.08. The fourth-order valence-corrected chi connectivity index (χ4v) is 1.95. The predicted octanol–water partition coefficient (Wildman–Crippen LogP) is 1.14. The van der Waals surface area contributed by atoms with Crippen LogP contribution in [0.1, 0.15) is 27.2 Å². The molecule has 0 aromatic carbocycles. The lowest BCUT2D eigenvalue weighted by Crippen LogP contribution is -2.45. The lowest BCUT2D eigenvalue weighted by Gasteiger charge is -2.25. The molecule has 0 radical (unpaired) electrons. The third-order valence-electron chi connectivity index (χ3n) is 2.70. The molecule has 118 valence electrons. The van der Waals surface area contributed by atoms with Gasteiger partial charge in [0.05, 0.1) is 7.11 Å². The third kappa shape index (κ3) is 4.21. The molecule has 1 saturated heterocycles. The molecular weight excluding hydrogens is 276 g/mol. The maximum absolute atomic E-state index is 12.3. The molecule has 0 spiro atoms. The van der Waals surface area contributed by atoms with Crippen molar-refractivity contribution >= 4 is 18.0 Å². The quantitative estimate of drug-likeness (QED) is 0.562. The van der Waals surface area contributed by atoms with Gasteiger partial charge >= 0.3 is 12.1 Å². The van der Waals surface area contributed by atoms with Gasteiger partial charge in [-0.3, -0.25) is 4.79 Å². The second-order valence-electron chi connectivity index (χ2n) is 6.02. The first-order chi connectivity index (χ1) is 9.56. The summed E-state index contributed by atoms with van der Waals surface area (Å²) in [5.74, 6) is -1.18. The summed E-state index contributed by atoms with van der Waals surface area (Å²) in [5, 5.41) is 0. The number of nitrogens with zero attached hydrogens (tertiary/aromatic N) is 2. The second-order valence-corrected chi connectivity index (χ2v) is 6.02. The average Bonchev–Trinajstić information content (AvgIpc) is 2.63. The second kappa shape index (κ2) is 6.15. The summed E-state index contributed by atoms with van der Waals surface area (Å²) in [7, 11) is 4.72. The van der Waals surface area contributed by atoms with Gasteiger partial charge in [-0.05, 0) is 20.8 Å². The van der Waals surface area contributed by atoms with Crippen molar-refractivity contribution in [3.8, 4) is 0 Å². The molecule has 1 atom stereocenters. The first kappa shape index (κ1) is 17.0. The number of esters is 1. The van der Waals surface area contributed by atoms with Crippen LogP contribution < -0.4 is 0 Å². The number of carbonyl (C=O) groups excluding carboxylic acids is 3. The van der Waals surface area contributed by atoms with Crippen LogP contribution in [0.3, 0.4) is 0 Å². The molecule has 7 heteroatoms. The molecule has 1 unspecified atom stereocenters. The van der Waals surface area contributed by atoms with Crippen molar-refractivity contribution in [1.29, 1.82) is 0 Å².